The van der Waals surface area contributed by atoms with Crippen LogP contribution in [0.4, 0.5) is 17.6 Å². The van der Waals surface area contributed by atoms with Gasteiger partial charge in [-0.25, -0.2) is 13.9 Å². The van der Waals surface area contributed by atoms with Crippen LogP contribution in [0, 0.1) is 0 Å². The van der Waals surface area contributed by atoms with Gasteiger partial charge in [-0.05, 0) is 37.0 Å². The number of fused-ring (bicyclic) bond motifs is 1. The van der Waals surface area contributed by atoms with Crippen molar-refractivity contribution in [2.75, 3.05) is 6.61 Å². The Morgan fingerprint density at radius 1 is 1.29 bits per heavy atom. The summed E-state index contributed by atoms with van der Waals surface area (Å²) in [6, 6.07) is 5.40. The summed E-state index contributed by atoms with van der Waals surface area (Å²) in [4.78, 5) is 11.2. The van der Waals surface area contributed by atoms with Gasteiger partial charge in [0.05, 0.1) is 5.56 Å². The number of halogens is 4. The average Bonchev–Trinajstić information content (AvgIpc) is 3.17. The molecule has 2 aliphatic rings. The van der Waals surface area contributed by atoms with E-state index in [0.717, 1.165) is 12.8 Å². The highest BCUT2D eigenvalue weighted by atomic mass is 19.4. The van der Waals surface area contributed by atoms with E-state index in [0.29, 0.717) is 13.0 Å². The van der Waals surface area contributed by atoms with E-state index in [1.54, 1.807) is 0 Å². The van der Waals surface area contributed by atoms with Crippen LogP contribution in [-0.4, -0.2) is 33.6 Å². The Labute approximate surface area is 157 Å². The van der Waals surface area contributed by atoms with Gasteiger partial charge in [0, 0.05) is 30.2 Å². The Kier molecular flexibility index (Phi) is 4.65. The molecule has 28 heavy (non-hydrogen) atoms. The topological polar surface area (TPSA) is 64.3 Å². The Morgan fingerprint density at radius 2 is 2.07 bits per heavy atom. The number of aromatic carboxylic acids is 1. The van der Waals surface area contributed by atoms with Crippen molar-refractivity contribution in [2.24, 2.45) is 0 Å². The summed E-state index contributed by atoms with van der Waals surface area (Å²) in [6.07, 6.45) is -5.09. The van der Waals surface area contributed by atoms with Crippen molar-refractivity contribution in [3.05, 3.63) is 52.3 Å². The number of carboxylic acid groups (broad SMARTS) is 1. The van der Waals surface area contributed by atoms with E-state index >= 15 is 0 Å². The van der Waals surface area contributed by atoms with Crippen LogP contribution in [0.5, 0.6) is 0 Å². The van der Waals surface area contributed by atoms with Crippen molar-refractivity contribution in [3.8, 4) is 0 Å². The van der Waals surface area contributed by atoms with Crippen molar-refractivity contribution < 1.29 is 32.2 Å². The summed E-state index contributed by atoms with van der Waals surface area (Å²) >= 11 is 0. The van der Waals surface area contributed by atoms with Crippen molar-refractivity contribution in [2.45, 2.75) is 50.2 Å². The molecule has 0 radical (unpaired) electrons. The van der Waals surface area contributed by atoms with Crippen LogP contribution in [0.3, 0.4) is 0 Å². The van der Waals surface area contributed by atoms with E-state index in [2.05, 4.69) is 5.10 Å². The lowest BCUT2D eigenvalue weighted by atomic mass is 9.90. The van der Waals surface area contributed by atoms with E-state index in [4.69, 9.17) is 9.84 Å². The maximum absolute atomic E-state index is 15.0. The average molecular weight is 398 g/mol. The second kappa shape index (κ2) is 6.88. The summed E-state index contributed by atoms with van der Waals surface area (Å²) in [7, 11) is 0. The summed E-state index contributed by atoms with van der Waals surface area (Å²) < 4.78 is 62.9. The third-order valence-electron chi connectivity index (χ3n) is 5.30. The predicted octanol–water partition coefficient (Wildman–Crippen LogP) is 4.33. The maximum atomic E-state index is 15.0. The third-order valence-corrected chi connectivity index (χ3v) is 5.30. The SMILES string of the molecule is O=C(O)c1cccc([C@H]2c3c(C(F)(F)F)nn(C4CCCCO4)c3C[C@H]2F)c1. The number of ether oxygens (including phenoxy) is 1. The molecule has 1 aliphatic heterocycles. The van der Waals surface area contributed by atoms with Crippen molar-refractivity contribution in [1.82, 2.24) is 9.78 Å². The van der Waals surface area contributed by atoms with Gasteiger partial charge in [0.2, 0.25) is 0 Å². The fourth-order valence-corrected chi connectivity index (χ4v) is 4.10. The molecular weight excluding hydrogens is 380 g/mol. The van der Waals surface area contributed by atoms with Crippen molar-refractivity contribution in [3.63, 3.8) is 0 Å². The molecular formula is C19H18F4N2O3. The molecule has 1 fully saturated rings. The largest absolute Gasteiger partial charge is 0.478 e. The molecule has 9 heteroatoms. The molecule has 5 nitrogen and oxygen atoms in total. The molecule has 0 bridgehead atoms. The number of nitrogens with zero attached hydrogens (tertiary/aromatic N) is 2. The second-order valence-corrected chi connectivity index (χ2v) is 7.10. The van der Waals surface area contributed by atoms with Gasteiger partial charge in [0.25, 0.3) is 0 Å². The van der Waals surface area contributed by atoms with Gasteiger partial charge in [-0.2, -0.15) is 18.3 Å². The van der Waals surface area contributed by atoms with Gasteiger partial charge in [0.1, 0.15) is 12.4 Å². The number of alkyl halides is 4. The molecule has 4 rings (SSSR count). The van der Waals surface area contributed by atoms with Crippen LogP contribution < -0.4 is 0 Å². The minimum atomic E-state index is -4.75. The Balaban J connectivity index is 1.85. The molecule has 2 aromatic rings. The Hall–Kier alpha value is -2.42. The number of hydrogen-bond acceptors (Lipinski definition) is 3. The number of carboxylic acids is 1. The first-order valence-corrected chi connectivity index (χ1v) is 9.04. The van der Waals surface area contributed by atoms with E-state index < -0.39 is 36.2 Å². The molecule has 1 aromatic heterocycles. The quantitative estimate of drug-likeness (QED) is 0.782. The molecule has 0 amide bonds. The van der Waals surface area contributed by atoms with Gasteiger partial charge in [-0.3, -0.25) is 0 Å². The van der Waals surface area contributed by atoms with Crippen LogP contribution in [0.1, 0.15) is 64.3 Å². The fourth-order valence-electron chi connectivity index (χ4n) is 4.10. The lowest BCUT2D eigenvalue weighted by Gasteiger charge is -2.24. The number of carbonyl (C=O) groups is 1. The normalized spacial score (nSPS) is 24.9. The molecule has 1 unspecified atom stereocenters. The monoisotopic (exact) mass is 398 g/mol. The molecule has 0 saturated carbocycles. The third kappa shape index (κ3) is 3.17. The zero-order chi connectivity index (χ0) is 20.1. The van der Waals surface area contributed by atoms with Gasteiger partial charge in [-0.1, -0.05) is 12.1 Å². The highest BCUT2D eigenvalue weighted by Gasteiger charge is 2.48. The molecule has 3 atom stereocenters. The molecule has 0 spiro atoms. The van der Waals surface area contributed by atoms with E-state index in [1.807, 2.05) is 0 Å². The highest BCUT2D eigenvalue weighted by molar-refractivity contribution is 5.87. The summed E-state index contributed by atoms with van der Waals surface area (Å²) in [5.41, 5.74) is -1.06. The van der Waals surface area contributed by atoms with Crippen molar-refractivity contribution >= 4 is 5.97 Å². The highest BCUT2D eigenvalue weighted by Crippen LogP contribution is 2.47. The first kappa shape index (κ1) is 18.9. The predicted molar refractivity (Wildman–Crippen MR) is 89.9 cm³/mol. The van der Waals surface area contributed by atoms with E-state index in [9.17, 15) is 22.4 Å². The Morgan fingerprint density at radius 3 is 2.71 bits per heavy atom. The van der Waals surface area contributed by atoms with Crippen molar-refractivity contribution in [1.29, 1.82) is 0 Å². The van der Waals surface area contributed by atoms with E-state index in [-0.39, 0.29) is 28.8 Å². The summed E-state index contributed by atoms with van der Waals surface area (Å²) in [6.45, 7) is 0.420. The first-order valence-electron chi connectivity index (χ1n) is 9.04. The van der Waals surface area contributed by atoms with Crippen LogP contribution in [-0.2, 0) is 17.3 Å². The zero-order valence-electron chi connectivity index (χ0n) is 14.7. The van der Waals surface area contributed by atoms with Gasteiger partial charge < -0.3 is 9.84 Å². The summed E-state index contributed by atoms with van der Waals surface area (Å²) in [5, 5.41) is 12.9. The second-order valence-electron chi connectivity index (χ2n) is 7.10. The molecule has 1 aromatic carbocycles. The van der Waals surface area contributed by atoms with Crippen LogP contribution in [0.25, 0.3) is 0 Å². The van der Waals surface area contributed by atoms with Crippen LogP contribution in [0.15, 0.2) is 24.3 Å². The first-order chi connectivity index (χ1) is 13.3. The van der Waals surface area contributed by atoms with E-state index in [1.165, 1.54) is 28.9 Å². The summed E-state index contributed by atoms with van der Waals surface area (Å²) in [5.74, 6) is -2.44. The lowest BCUT2D eigenvalue weighted by molar-refractivity contribution is -0.143. The van der Waals surface area contributed by atoms with Crippen LogP contribution in [0.2, 0.25) is 0 Å². The molecule has 1 aliphatic carbocycles. The zero-order valence-corrected chi connectivity index (χ0v) is 14.7. The number of hydrogen-bond donors (Lipinski definition) is 1. The minimum absolute atomic E-state index is 0.102. The lowest BCUT2D eigenvalue weighted by Crippen LogP contribution is -2.22. The standard InChI is InChI=1S/C19H18F4N2O3/c20-12-9-13-16(15(12)10-4-3-5-11(8-10)18(26)27)17(19(21,22)23)24-25(13)14-6-1-2-7-28-14/h3-5,8,12,14-15H,1-2,6-7,9H2,(H,26,27)/t12-,14?,15-/m1/s1. The molecule has 2 heterocycles. The van der Waals surface area contributed by atoms with Crippen LogP contribution >= 0.6 is 0 Å². The van der Waals surface area contributed by atoms with Gasteiger partial charge in [-0.15, -0.1) is 0 Å². The van der Waals surface area contributed by atoms with Gasteiger partial charge >= 0.3 is 12.1 Å². The fraction of sp³-hybridized carbons (Fsp3) is 0.474. The van der Waals surface area contributed by atoms with Gasteiger partial charge in [0.15, 0.2) is 5.69 Å². The molecule has 1 saturated heterocycles. The number of rotatable bonds is 3. The molecule has 1 N–H and O–H groups in total. The maximum Gasteiger partial charge on any atom is 0.435 e. The molecule has 150 valence electrons. The minimum Gasteiger partial charge on any atom is -0.478 e. The number of aromatic nitrogens is 2. The number of benzene rings is 1. The smallest absolute Gasteiger partial charge is 0.435 e. The Bertz CT molecular complexity index is 903.